The quantitative estimate of drug-likeness (QED) is 0.540. The largest absolute Gasteiger partial charge is 0.350 e. The molecule has 0 atom stereocenters. The molecule has 0 unspecified atom stereocenters. The number of hydrogen-bond donors (Lipinski definition) is 3. The molecular formula is C13H16N4O3S. The Bertz CT molecular complexity index is 774. The van der Waals surface area contributed by atoms with Gasteiger partial charge in [-0.05, 0) is 11.5 Å². The SMILES string of the molecule is CS(=O)(=O)CCNC(=O)c1cc2ccccc2c(NN)n1. The maximum atomic E-state index is 12.0. The summed E-state index contributed by atoms with van der Waals surface area (Å²) in [5, 5.41) is 4.13. The lowest BCUT2D eigenvalue weighted by Crippen LogP contribution is -2.29. The Labute approximate surface area is 122 Å². The predicted octanol–water partition coefficient (Wildman–Crippen LogP) is 0.295. The minimum absolute atomic E-state index is 0.0392. The van der Waals surface area contributed by atoms with Crippen LogP contribution in [0.2, 0.25) is 0 Å². The minimum Gasteiger partial charge on any atom is -0.350 e. The summed E-state index contributed by atoms with van der Waals surface area (Å²) in [6.45, 7) is 0.0392. The molecule has 1 heterocycles. The highest BCUT2D eigenvalue weighted by Crippen LogP contribution is 2.21. The number of anilines is 1. The molecule has 1 aromatic heterocycles. The third-order valence-corrected chi connectivity index (χ3v) is 3.81. The first-order chi connectivity index (χ1) is 9.90. The van der Waals surface area contributed by atoms with Crippen molar-refractivity contribution >= 4 is 32.3 Å². The van der Waals surface area contributed by atoms with Crippen molar-refractivity contribution in [2.24, 2.45) is 5.84 Å². The van der Waals surface area contributed by atoms with Gasteiger partial charge in [0, 0.05) is 18.2 Å². The number of pyridine rings is 1. The van der Waals surface area contributed by atoms with Crippen LogP contribution in [0.4, 0.5) is 5.82 Å². The van der Waals surface area contributed by atoms with Crippen LogP contribution in [0.1, 0.15) is 10.5 Å². The molecule has 0 aliphatic heterocycles. The number of benzene rings is 1. The van der Waals surface area contributed by atoms with Gasteiger partial charge in [-0.1, -0.05) is 24.3 Å². The Kier molecular flexibility index (Phi) is 4.39. The molecule has 2 aromatic rings. The number of hydrazine groups is 1. The number of nitrogens with two attached hydrogens (primary N) is 1. The fourth-order valence-corrected chi connectivity index (χ4v) is 2.34. The van der Waals surface area contributed by atoms with Crippen LogP contribution in [0.5, 0.6) is 0 Å². The first-order valence-corrected chi connectivity index (χ1v) is 8.29. The van der Waals surface area contributed by atoms with E-state index in [0.717, 1.165) is 17.0 Å². The van der Waals surface area contributed by atoms with Crippen LogP contribution >= 0.6 is 0 Å². The minimum atomic E-state index is -3.12. The number of nitrogen functional groups attached to an aromatic ring is 1. The second-order valence-electron chi connectivity index (χ2n) is 4.61. The van der Waals surface area contributed by atoms with Crippen molar-refractivity contribution in [1.82, 2.24) is 10.3 Å². The summed E-state index contributed by atoms with van der Waals surface area (Å²) in [4.78, 5) is 16.1. The van der Waals surface area contributed by atoms with E-state index in [1.807, 2.05) is 24.3 Å². The van der Waals surface area contributed by atoms with Gasteiger partial charge in [0.15, 0.2) is 0 Å². The Morgan fingerprint density at radius 1 is 1.33 bits per heavy atom. The number of rotatable bonds is 5. The van der Waals surface area contributed by atoms with Gasteiger partial charge in [-0.15, -0.1) is 0 Å². The van der Waals surface area contributed by atoms with Gasteiger partial charge in [-0.3, -0.25) is 4.79 Å². The molecule has 0 saturated heterocycles. The van der Waals surface area contributed by atoms with Gasteiger partial charge in [-0.25, -0.2) is 19.2 Å². The number of sulfone groups is 1. The van der Waals surface area contributed by atoms with Gasteiger partial charge < -0.3 is 10.7 Å². The van der Waals surface area contributed by atoms with E-state index in [1.165, 1.54) is 0 Å². The number of carbonyl (C=O) groups excluding carboxylic acids is 1. The van der Waals surface area contributed by atoms with Crippen molar-refractivity contribution < 1.29 is 13.2 Å². The number of aromatic nitrogens is 1. The molecule has 4 N–H and O–H groups in total. The number of nitrogens with one attached hydrogen (secondary N) is 2. The lowest BCUT2D eigenvalue weighted by atomic mass is 10.1. The van der Waals surface area contributed by atoms with Gasteiger partial charge in [0.1, 0.15) is 21.3 Å². The summed E-state index contributed by atoms with van der Waals surface area (Å²) in [5.74, 6) is 5.25. The maximum Gasteiger partial charge on any atom is 0.270 e. The van der Waals surface area contributed by atoms with E-state index in [0.29, 0.717) is 5.82 Å². The van der Waals surface area contributed by atoms with Crippen molar-refractivity contribution in [2.45, 2.75) is 0 Å². The average molecular weight is 308 g/mol. The van der Waals surface area contributed by atoms with Crippen LogP contribution in [0.25, 0.3) is 10.8 Å². The van der Waals surface area contributed by atoms with Crippen molar-refractivity contribution in [3.63, 3.8) is 0 Å². The standard InChI is InChI=1S/C13H16N4O3S/c1-21(19,20)7-6-15-13(18)11-8-9-4-2-3-5-10(9)12(16-11)17-14/h2-5,8H,6-7,14H2,1H3,(H,15,18)(H,16,17). The van der Waals surface area contributed by atoms with Crippen LogP contribution in [0.3, 0.4) is 0 Å². The first kappa shape index (κ1) is 15.2. The van der Waals surface area contributed by atoms with Gasteiger partial charge >= 0.3 is 0 Å². The van der Waals surface area contributed by atoms with E-state index in [-0.39, 0.29) is 18.0 Å². The second kappa shape index (κ2) is 6.06. The first-order valence-electron chi connectivity index (χ1n) is 6.23. The zero-order valence-electron chi connectivity index (χ0n) is 11.5. The van der Waals surface area contributed by atoms with Crippen LogP contribution in [-0.4, -0.2) is 37.9 Å². The summed E-state index contributed by atoms with van der Waals surface area (Å²) in [6.07, 6.45) is 1.11. The Hall–Kier alpha value is -2.19. The van der Waals surface area contributed by atoms with E-state index in [4.69, 9.17) is 5.84 Å². The summed E-state index contributed by atoms with van der Waals surface area (Å²) in [5.41, 5.74) is 2.63. The van der Waals surface area contributed by atoms with Crippen molar-refractivity contribution in [3.05, 3.63) is 36.0 Å². The molecule has 0 spiro atoms. The average Bonchev–Trinajstić information content (AvgIpc) is 2.44. The molecular weight excluding hydrogens is 292 g/mol. The molecule has 0 radical (unpaired) electrons. The van der Waals surface area contributed by atoms with E-state index < -0.39 is 15.7 Å². The summed E-state index contributed by atoms with van der Waals surface area (Å²) in [6, 6.07) is 8.99. The lowest BCUT2D eigenvalue weighted by molar-refractivity contribution is 0.0951. The highest BCUT2D eigenvalue weighted by molar-refractivity contribution is 7.90. The zero-order valence-corrected chi connectivity index (χ0v) is 12.3. The van der Waals surface area contributed by atoms with E-state index in [2.05, 4.69) is 15.7 Å². The molecule has 1 amide bonds. The van der Waals surface area contributed by atoms with Crippen LogP contribution in [0.15, 0.2) is 30.3 Å². The molecule has 112 valence electrons. The number of nitrogens with zero attached hydrogens (tertiary/aromatic N) is 1. The van der Waals surface area contributed by atoms with Crippen LogP contribution < -0.4 is 16.6 Å². The number of hydrogen-bond acceptors (Lipinski definition) is 6. The monoisotopic (exact) mass is 308 g/mol. The zero-order chi connectivity index (χ0) is 15.5. The van der Waals surface area contributed by atoms with E-state index >= 15 is 0 Å². The van der Waals surface area contributed by atoms with Gasteiger partial charge in [0.25, 0.3) is 5.91 Å². The van der Waals surface area contributed by atoms with E-state index in [9.17, 15) is 13.2 Å². The van der Waals surface area contributed by atoms with Crippen molar-refractivity contribution in [3.8, 4) is 0 Å². The van der Waals surface area contributed by atoms with Gasteiger partial charge in [-0.2, -0.15) is 0 Å². The fraction of sp³-hybridized carbons (Fsp3) is 0.231. The van der Waals surface area contributed by atoms with Gasteiger partial charge in [0.05, 0.1) is 5.75 Å². The third kappa shape index (κ3) is 3.89. The third-order valence-electron chi connectivity index (χ3n) is 2.87. The Morgan fingerprint density at radius 3 is 2.71 bits per heavy atom. The Balaban J connectivity index is 2.23. The molecule has 1 aromatic carbocycles. The molecule has 2 rings (SSSR count). The van der Waals surface area contributed by atoms with E-state index in [1.54, 1.807) is 6.07 Å². The maximum absolute atomic E-state index is 12.0. The molecule has 21 heavy (non-hydrogen) atoms. The summed E-state index contributed by atoms with van der Waals surface area (Å²) in [7, 11) is -3.12. The fourth-order valence-electron chi connectivity index (χ4n) is 1.87. The van der Waals surface area contributed by atoms with Crippen LogP contribution in [-0.2, 0) is 9.84 Å². The van der Waals surface area contributed by atoms with Crippen LogP contribution in [0, 0.1) is 0 Å². The normalized spacial score (nSPS) is 11.3. The number of fused-ring (bicyclic) bond motifs is 1. The second-order valence-corrected chi connectivity index (χ2v) is 6.87. The Morgan fingerprint density at radius 2 is 2.05 bits per heavy atom. The number of carbonyl (C=O) groups is 1. The predicted molar refractivity (Wildman–Crippen MR) is 81.6 cm³/mol. The topological polar surface area (TPSA) is 114 Å². The molecule has 0 bridgehead atoms. The molecule has 0 saturated carbocycles. The summed E-state index contributed by atoms with van der Waals surface area (Å²) >= 11 is 0. The highest BCUT2D eigenvalue weighted by Gasteiger charge is 2.12. The summed E-state index contributed by atoms with van der Waals surface area (Å²) < 4.78 is 22.1. The molecule has 0 fully saturated rings. The molecule has 0 aliphatic rings. The molecule has 0 aliphatic carbocycles. The smallest absolute Gasteiger partial charge is 0.270 e. The highest BCUT2D eigenvalue weighted by atomic mass is 32.2. The molecule has 7 nitrogen and oxygen atoms in total. The molecule has 8 heteroatoms. The lowest BCUT2D eigenvalue weighted by Gasteiger charge is -2.09. The van der Waals surface area contributed by atoms with Gasteiger partial charge in [0.2, 0.25) is 0 Å². The van der Waals surface area contributed by atoms with Crippen molar-refractivity contribution in [1.29, 1.82) is 0 Å². The number of amides is 1. The van der Waals surface area contributed by atoms with Crippen molar-refractivity contribution in [2.75, 3.05) is 24.0 Å².